The Morgan fingerprint density at radius 2 is 1.65 bits per heavy atom. The maximum absolute atomic E-state index is 13.5. The molecule has 5 nitrogen and oxygen atoms in total. The Balaban J connectivity index is 2.18. The van der Waals surface area contributed by atoms with E-state index in [9.17, 15) is 35.6 Å². The molecule has 2 rings (SSSR count). The van der Waals surface area contributed by atoms with Crippen LogP contribution in [0.1, 0.15) is 53.5 Å². The molecule has 168 valence electrons. The van der Waals surface area contributed by atoms with Gasteiger partial charge in [0.25, 0.3) is 5.91 Å². The zero-order valence-electron chi connectivity index (χ0n) is 17.0. The Morgan fingerprint density at radius 3 is 2.23 bits per heavy atom. The fourth-order valence-electron chi connectivity index (χ4n) is 2.88. The van der Waals surface area contributed by atoms with Crippen LogP contribution in [0, 0.1) is 5.82 Å². The number of amides is 1. The van der Waals surface area contributed by atoms with E-state index in [1.807, 2.05) is 0 Å². The van der Waals surface area contributed by atoms with Gasteiger partial charge in [0.15, 0.2) is 15.6 Å². The van der Waals surface area contributed by atoms with Gasteiger partial charge < -0.3 is 5.32 Å². The second kappa shape index (κ2) is 8.78. The number of halogens is 4. The van der Waals surface area contributed by atoms with Gasteiger partial charge in [-0.25, -0.2) is 12.8 Å². The highest BCUT2D eigenvalue weighted by molar-refractivity contribution is 7.92. The first-order valence-electron chi connectivity index (χ1n) is 9.17. The molecule has 0 aromatic heterocycles. The minimum Gasteiger partial charge on any atom is -0.352 e. The van der Waals surface area contributed by atoms with Crippen LogP contribution in [0.3, 0.4) is 0 Å². The Kier molecular flexibility index (Phi) is 6.94. The van der Waals surface area contributed by atoms with E-state index in [1.54, 1.807) is 0 Å². The molecule has 0 spiro atoms. The highest BCUT2D eigenvalue weighted by atomic mass is 32.2. The van der Waals surface area contributed by atoms with Crippen molar-refractivity contribution in [2.45, 2.75) is 43.0 Å². The molecule has 0 unspecified atom stereocenters. The fraction of sp³-hybridized carbons (Fsp3) is 0.333. The summed E-state index contributed by atoms with van der Waals surface area (Å²) >= 11 is 0. The first-order chi connectivity index (χ1) is 14.2. The number of nitrogens with one attached hydrogen (secondary N) is 1. The van der Waals surface area contributed by atoms with Crippen LogP contribution in [0.25, 0.3) is 0 Å². The molecule has 0 saturated heterocycles. The minimum absolute atomic E-state index is 0.00903. The molecule has 0 aliphatic heterocycles. The molecular formula is C21H21F4NO4S. The quantitative estimate of drug-likeness (QED) is 0.491. The second-order valence-electron chi connectivity index (χ2n) is 7.54. The van der Waals surface area contributed by atoms with Crippen molar-refractivity contribution >= 4 is 21.5 Å². The molecule has 0 aliphatic rings. The number of hydrogen-bond acceptors (Lipinski definition) is 4. The normalized spacial score (nSPS) is 12.5. The van der Waals surface area contributed by atoms with Gasteiger partial charge in [-0.2, -0.15) is 13.2 Å². The number of carbonyl (C=O) groups excluding carboxylic acids is 2. The maximum Gasteiger partial charge on any atom is 0.416 e. The molecule has 0 saturated carbocycles. The topological polar surface area (TPSA) is 80.3 Å². The van der Waals surface area contributed by atoms with Gasteiger partial charge in [0.05, 0.1) is 20.8 Å². The van der Waals surface area contributed by atoms with Crippen LogP contribution in [-0.2, 0) is 16.0 Å². The summed E-state index contributed by atoms with van der Waals surface area (Å²) in [6.07, 6.45) is -4.83. The molecule has 1 N–H and O–H groups in total. The van der Waals surface area contributed by atoms with E-state index in [4.69, 9.17) is 0 Å². The predicted molar refractivity (Wildman–Crippen MR) is 106 cm³/mol. The van der Waals surface area contributed by atoms with Crippen LogP contribution in [0.2, 0.25) is 0 Å². The summed E-state index contributed by atoms with van der Waals surface area (Å²) in [4.78, 5) is 23.5. The van der Waals surface area contributed by atoms with Crippen LogP contribution < -0.4 is 5.32 Å². The molecule has 0 fully saturated rings. The molecule has 1 amide bonds. The number of alkyl halides is 3. The Hall–Kier alpha value is -2.75. The van der Waals surface area contributed by atoms with Crippen molar-refractivity contribution in [3.05, 3.63) is 65.0 Å². The van der Waals surface area contributed by atoms with Crippen molar-refractivity contribution in [1.29, 1.82) is 0 Å². The third kappa shape index (κ3) is 5.49. The SMILES string of the molecule is CC(=O)c1ccc(F)cc1C(=O)NCCC(C)(C)S(=O)(=O)c1cccc(C(F)(F)F)c1. The molecule has 2 aromatic rings. The second-order valence-corrected chi connectivity index (χ2v) is 10.1. The minimum atomic E-state index is -4.69. The molecule has 2 aromatic carbocycles. The van der Waals surface area contributed by atoms with Crippen LogP contribution in [-0.4, -0.2) is 31.4 Å². The summed E-state index contributed by atoms with van der Waals surface area (Å²) in [6.45, 7) is 3.71. The lowest BCUT2D eigenvalue weighted by molar-refractivity contribution is -0.137. The van der Waals surface area contributed by atoms with Crippen molar-refractivity contribution in [2.75, 3.05) is 6.54 Å². The summed E-state index contributed by atoms with van der Waals surface area (Å²) < 4.78 is 76.5. The lowest BCUT2D eigenvalue weighted by atomic mass is 10.0. The van der Waals surface area contributed by atoms with Crippen LogP contribution >= 0.6 is 0 Å². The average molecular weight is 459 g/mol. The monoisotopic (exact) mass is 459 g/mol. The van der Waals surface area contributed by atoms with Crippen LogP contribution in [0.4, 0.5) is 17.6 Å². The molecule has 0 radical (unpaired) electrons. The zero-order chi connectivity index (χ0) is 23.6. The van der Waals surface area contributed by atoms with E-state index in [2.05, 4.69) is 5.32 Å². The Bertz CT molecular complexity index is 1110. The predicted octanol–water partition coefficient (Wildman–Crippen LogP) is 4.42. The maximum atomic E-state index is 13.5. The van der Waals surface area contributed by atoms with Gasteiger partial charge >= 0.3 is 6.18 Å². The zero-order valence-corrected chi connectivity index (χ0v) is 17.8. The van der Waals surface area contributed by atoms with Crippen molar-refractivity contribution in [1.82, 2.24) is 5.32 Å². The highest BCUT2D eigenvalue weighted by Crippen LogP contribution is 2.34. The summed E-state index contributed by atoms with van der Waals surface area (Å²) in [5.41, 5.74) is -1.26. The van der Waals surface area contributed by atoms with Gasteiger partial charge in [-0.05, 0) is 63.6 Å². The first kappa shape index (κ1) is 24.5. The number of ketones is 1. The standard InChI is InChI=1S/C21H21F4NO4S/c1-13(27)17-8-7-15(22)12-18(17)19(28)26-10-9-20(2,3)31(29,30)16-6-4-5-14(11-16)21(23,24)25/h4-8,11-12H,9-10H2,1-3H3,(H,26,28). The van der Waals surface area contributed by atoms with E-state index < -0.39 is 48.7 Å². The third-order valence-electron chi connectivity index (χ3n) is 4.82. The van der Waals surface area contributed by atoms with Crippen LogP contribution in [0.15, 0.2) is 47.4 Å². The number of Topliss-reactive ketones (excluding diaryl/α,β-unsaturated/α-hetero) is 1. The molecule has 0 atom stereocenters. The smallest absolute Gasteiger partial charge is 0.352 e. The van der Waals surface area contributed by atoms with E-state index >= 15 is 0 Å². The largest absolute Gasteiger partial charge is 0.416 e. The van der Waals surface area contributed by atoms with Crippen LogP contribution in [0.5, 0.6) is 0 Å². The van der Waals surface area contributed by atoms with Crippen molar-refractivity contribution in [3.63, 3.8) is 0 Å². The Labute approximate surface area is 177 Å². The molecule has 0 heterocycles. The van der Waals surface area contributed by atoms with Crippen molar-refractivity contribution in [3.8, 4) is 0 Å². The number of hydrogen-bond donors (Lipinski definition) is 1. The first-order valence-corrected chi connectivity index (χ1v) is 10.7. The molecule has 0 aliphatic carbocycles. The van der Waals surface area contributed by atoms with E-state index in [1.165, 1.54) is 26.8 Å². The third-order valence-corrected chi connectivity index (χ3v) is 7.35. The number of rotatable bonds is 7. The summed E-state index contributed by atoms with van der Waals surface area (Å²) in [5.74, 6) is -1.93. The number of sulfone groups is 1. The van der Waals surface area contributed by atoms with E-state index in [-0.39, 0.29) is 24.1 Å². The number of carbonyl (C=O) groups is 2. The van der Waals surface area contributed by atoms with Crippen molar-refractivity contribution in [2.24, 2.45) is 0 Å². The molecule has 0 bridgehead atoms. The molecule has 31 heavy (non-hydrogen) atoms. The summed E-state index contributed by atoms with van der Waals surface area (Å²) in [6, 6.07) is 6.56. The highest BCUT2D eigenvalue weighted by Gasteiger charge is 2.38. The summed E-state index contributed by atoms with van der Waals surface area (Å²) in [7, 11) is -4.18. The average Bonchev–Trinajstić information content (AvgIpc) is 2.66. The summed E-state index contributed by atoms with van der Waals surface area (Å²) in [5, 5.41) is 2.43. The lowest BCUT2D eigenvalue weighted by Crippen LogP contribution is -2.37. The van der Waals surface area contributed by atoms with Gasteiger partial charge in [-0.1, -0.05) is 6.07 Å². The molecular weight excluding hydrogens is 438 g/mol. The van der Waals surface area contributed by atoms with E-state index in [0.717, 1.165) is 30.3 Å². The molecule has 10 heteroatoms. The fourth-order valence-corrected chi connectivity index (χ4v) is 4.43. The van der Waals surface area contributed by atoms with Gasteiger partial charge in [-0.3, -0.25) is 9.59 Å². The van der Waals surface area contributed by atoms with Gasteiger partial charge in [0.2, 0.25) is 0 Å². The van der Waals surface area contributed by atoms with Gasteiger partial charge in [-0.15, -0.1) is 0 Å². The van der Waals surface area contributed by atoms with E-state index in [0.29, 0.717) is 6.07 Å². The Morgan fingerprint density at radius 1 is 1.00 bits per heavy atom. The van der Waals surface area contributed by atoms with Crippen molar-refractivity contribution < 1.29 is 35.6 Å². The van der Waals surface area contributed by atoms with Gasteiger partial charge in [0.1, 0.15) is 5.82 Å². The number of benzene rings is 2. The lowest BCUT2D eigenvalue weighted by Gasteiger charge is -2.25. The van der Waals surface area contributed by atoms with Gasteiger partial charge in [0, 0.05) is 12.1 Å².